The van der Waals surface area contributed by atoms with Crippen molar-refractivity contribution < 1.29 is 19.7 Å². The number of phenols is 1. The van der Waals surface area contributed by atoms with Crippen LogP contribution < -0.4 is 5.43 Å². The second-order valence-corrected chi connectivity index (χ2v) is 4.55. The highest BCUT2D eigenvalue weighted by Gasteiger charge is 2.19. The van der Waals surface area contributed by atoms with Crippen LogP contribution in [0.15, 0.2) is 47.6 Å². The number of aromatic hydroxyl groups is 1. The smallest absolute Gasteiger partial charge is 0.277 e. The van der Waals surface area contributed by atoms with Crippen molar-refractivity contribution in [3.05, 3.63) is 73.8 Å². The van der Waals surface area contributed by atoms with Crippen molar-refractivity contribution in [3.63, 3.8) is 0 Å². The van der Waals surface area contributed by atoms with E-state index in [9.17, 15) is 30.1 Å². The standard InChI is InChI=1S/C14H10N4O6/c19-13-3-1-2-9(4-13)8-15-16-14(20)10-5-11(17(21)22)7-12(6-10)18(23)24/h1-8,19H,(H,16,20). The highest BCUT2D eigenvalue weighted by molar-refractivity contribution is 5.96. The molecule has 2 aromatic carbocycles. The van der Waals surface area contributed by atoms with Gasteiger partial charge in [0, 0.05) is 12.1 Å². The van der Waals surface area contributed by atoms with Gasteiger partial charge in [0.25, 0.3) is 17.3 Å². The lowest BCUT2D eigenvalue weighted by atomic mass is 10.1. The van der Waals surface area contributed by atoms with Gasteiger partial charge in [0.15, 0.2) is 0 Å². The number of rotatable bonds is 5. The number of hydrogen-bond donors (Lipinski definition) is 2. The molecular formula is C14H10N4O6. The van der Waals surface area contributed by atoms with Gasteiger partial charge in [0.1, 0.15) is 5.75 Å². The number of carbonyl (C=O) groups is 1. The van der Waals surface area contributed by atoms with Crippen LogP contribution in [0.3, 0.4) is 0 Å². The van der Waals surface area contributed by atoms with E-state index in [1.165, 1.54) is 18.3 Å². The molecule has 2 N–H and O–H groups in total. The summed E-state index contributed by atoms with van der Waals surface area (Å²) in [5, 5.41) is 34.5. The Kier molecular flexibility index (Phi) is 4.80. The summed E-state index contributed by atoms with van der Waals surface area (Å²) in [6, 6.07) is 8.62. The van der Waals surface area contributed by atoms with E-state index >= 15 is 0 Å². The molecule has 0 saturated heterocycles. The average Bonchev–Trinajstić information content (AvgIpc) is 2.54. The van der Waals surface area contributed by atoms with Crippen LogP contribution in [0.25, 0.3) is 0 Å². The van der Waals surface area contributed by atoms with Crippen LogP contribution in [-0.2, 0) is 0 Å². The van der Waals surface area contributed by atoms with Gasteiger partial charge in [-0.25, -0.2) is 5.43 Å². The number of nitro benzene ring substituents is 2. The Morgan fingerprint density at radius 1 is 1.08 bits per heavy atom. The third kappa shape index (κ3) is 4.10. The summed E-state index contributed by atoms with van der Waals surface area (Å²) in [6.07, 6.45) is 1.24. The van der Waals surface area contributed by atoms with E-state index in [0.29, 0.717) is 5.56 Å². The predicted octanol–water partition coefficient (Wildman–Crippen LogP) is 1.97. The number of hydrogen-bond acceptors (Lipinski definition) is 7. The number of nitrogens with one attached hydrogen (secondary N) is 1. The predicted molar refractivity (Wildman–Crippen MR) is 82.9 cm³/mol. The third-order valence-corrected chi connectivity index (χ3v) is 2.84. The lowest BCUT2D eigenvalue weighted by Crippen LogP contribution is -2.18. The maximum absolute atomic E-state index is 11.9. The molecule has 0 aliphatic carbocycles. The maximum Gasteiger partial charge on any atom is 0.277 e. The van der Waals surface area contributed by atoms with Gasteiger partial charge in [-0.1, -0.05) is 12.1 Å². The fourth-order valence-electron chi connectivity index (χ4n) is 1.77. The molecule has 0 unspecified atom stereocenters. The first-order valence-corrected chi connectivity index (χ1v) is 6.43. The maximum atomic E-state index is 11.9. The Labute approximate surface area is 134 Å². The van der Waals surface area contributed by atoms with Gasteiger partial charge in [-0.3, -0.25) is 25.0 Å². The Bertz CT molecular complexity index is 817. The summed E-state index contributed by atoms with van der Waals surface area (Å²) < 4.78 is 0. The number of nitrogens with zero attached hydrogens (tertiary/aromatic N) is 3. The van der Waals surface area contributed by atoms with Crippen LogP contribution in [-0.4, -0.2) is 27.1 Å². The molecule has 24 heavy (non-hydrogen) atoms. The second kappa shape index (κ2) is 6.96. The highest BCUT2D eigenvalue weighted by atomic mass is 16.6. The van der Waals surface area contributed by atoms with Gasteiger partial charge in [-0.2, -0.15) is 5.10 Å². The van der Waals surface area contributed by atoms with Crippen LogP contribution in [0.2, 0.25) is 0 Å². The zero-order chi connectivity index (χ0) is 17.7. The van der Waals surface area contributed by atoms with Gasteiger partial charge in [0.05, 0.1) is 27.7 Å². The third-order valence-electron chi connectivity index (χ3n) is 2.84. The first-order chi connectivity index (χ1) is 11.4. The summed E-state index contributed by atoms with van der Waals surface area (Å²) in [4.78, 5) is 31.8. The molecule has 122 valence electrons. The zero-order valence-electron chi connectivity index (χ0n) is 11.9. The van der Waals surface area contributed by atoms with Gasteiger partial charge in [-0.15, -0.1) is 0 Å². The molecule has 0 saturated carbocycles. The first-order valence-electron chi connectivity index (χ1n) is 6.43. The highest BCUT2D eigenvalue weighted by Crippen LogP contribution is 2.22. The largest absolute Gasteiger partial charge is 0.508 e. The van der Waals surface area contributed by atoms with Crippen LogP contribution in [0.1, 0.15) is 15.9 Å². The molecule has 0 heterocycles. The van der Waals surface area contributed by atoms with Gasteiger partial charge < -0.3 is 5.11 Å². The summed E-state index contributed by atoms with van der Waals surface area (Å²) >= 11 is 0. The lowest BCUT2D eigenvalue weighted by molar-refractivity contribution is -0.394. The van der Waals surface area contributed by atoms with Crippen molar-refractivity contribution in [3.8, 4) is 5.75 Å². The average molecular weight is 330 g/mol. The molecule has 10 nitrogen and oxygen atoms in total. The minimum absolute atomic E-state index is 0.0135. The Morgan fingerprint density at radius 2 is 1.71 bits per heavy atom. The number of hydrazone groups is 1. The van der Waals surface area contributed by atoms with Crippen molar-refractivity contribution in [1.82, 2.24) is 5.43 Å². The summed E-state index contributed by atoms with van der Waals surface area (Å²) in [7, 11) is 0. The van der Waals surface area contributed by atoms with Crippen LogP contribution in [0, 0.1) is 20.2 Å². The molecule has 1 amide bonds. The van der Waals surface area contributed by atoms with E-state index in [1.807, 2.05) is 0 Å². The number of carbonyl (C=O) groups excluding carboxylic acids is 1. The van der Waals surface area contributed by atoms with Gasteiger partial charge >= 0.3 is 0 Å². The molecule has 0 bridgehead atoms. The zero-order valence-corrected chi connectivity index (χ0v) is 11.9. The van der Waals surface area contributed by atoms with Crippen molar-refractivity contribution >= 4 is 23.5 Å². The van der Waals surface area contributed by atoms with Crippen molar-refractivity contribution in [2.75, 3.05) is 0 Å². The normalized spacial score (nSPS) is 10.5. The van der Waals surface area contributed by atoms with Crippen molar-refractivity contribution in [1.29, 1.82) is 0 Å². The minimum atomic E-state index is -0.849. The van der Waals surface area contributed by atoms with Crippen molar-refractivity contribution in [2.45, 2.75) is 0 Å². The number of phenolic OH excluding ortho intramolecular Hbond substituents is 1. The number of benzene rings is 2. The fourth-order valence-corrected chi connectivity index (χ4v) is 1.77. The summed E-state index contributed by atoms with van der Waals surface area (Å²) in [6.45, 7) is 0. The monoisotopic (exact) mass is 330 g/mol. The molecule has 0 aliphatic rings. The molecule has 0 aliphatic heterocycles. The number of nitro groups is 2. The molecule has 0 atom stereocenters. The second-order valence-electron chi connectivity index (χ2n) is 4.55. The van der Waals surface area contributed by atoms with Gasteiger partial charge in [-0.05, 0) is 17.7 Å². The number of non-ortho nitro benzene ring substituents is 2. The van der Waals surface area contributed by atoms with E-state index < -0.39 is 27.1 Å². The van der Waals surface area contributed by atoms with Crippen LogP contribution in [0.5, 0.6) is 5.75 Å². The van der Waals surface area contributed by atoms with E-state index in [1.54, 1.807) is 12.1 Å². The molecular weight excluding hydrogens is 320 g/mol. The van der Waals surface area contributed by atoms with E-state index in [2.05, 4.69) is 10.5 Å². The number of amides is 1. The molecule has 0 radical (unpaired) electrons. The topological polar surface area (TPSA) is 148 Å². The van der Waals surface area contributed by atoms with Crippen molar-refractivity contribution in [2.24, 2.45) is 5.10 Å². The Hall–Kier alpha value is -3.82. The lowest BCUT2D eigenvalue weighted by Gasteiger charge is -2.01. The summed E-state index contributed by atoms with van der Waals surface area (Å²) in [5.74, 6) is -0.835. The minimum Gasteiger partial charge on any atom is -0.508 e. The quantitative estimate of drug-likeness (QED) is 0.486. The molecule has 0 fully saturated rings. The molecule has 2 aromatic rings. The Balaban J connectivity index is 2.20. The molecule has 10 heteroatoms. The fraction of sp³-hybridized carbons (Fsp3) is 0. The molecule has 0 spiro atoms. The Morgan fingerprint density at radius 3 is 2.25 bits per heavy atom. The molecule has 2 rings (SSSR count). The van der Waals surface area contributed by atoms with E-state index in [0.717, 1.165) is 18.2 Å². The van der Waals surface area contributed by atoms with Gasteiger partial charge in [0.2, 0.25) is 0 Å². The first kappa shape index (κ1) is 16.5. The van der Waals surface area contributed by atoms with Crippen LogP contribution >= 0.6 is 0 Å². The SMILES string of the molecule is O=C(NN=Cc1cccc(O)c1)c1cc([N+](=O)[O-])cc([N+](=O)[O-])c1. The van der Waals surface area contributed by atoms with E-state index in [4.69, 9.17) is 0 Å². The summed E-state index contributed by atoms with van der Waals surface area (Å²) in [5.41, 5.74) is 1.17. The van der Waals surface area contributed by atoms with E-state index in [-0.39, 0.29) is 11.3 Å². The van der Waals surface area contributed by atoms with Crippen LogP contribution in [0.4, 0.5) is 11.4 Å². The molecule has 0 aromatic heterocycles.